The Bertz CT molecular complexity index is 669. The lowest BCUT2D eigenvalue weighted by molar-refractivity contribution is -0.125. The number of nitrogens with one attached hydrogen (secondary N) is 1. The van der Waals surface area contributed by atoms with Crippen LogP contribution >= 0.6 is 0 Å². The second-order valence-corrected chi connectivity index (χ2v) is 8.26. The van der Waals surface area contributed by atoms with E-state index in [0.29, 0.717) is 51.1 Å². The number of ether oxygens (including phenoxy) is 2. The minimum Gasteiger partial charge on any atom is -0.377 e. The molecule has 1 atom stereocenters. The third-order valence-electron chi connectivity index (χ3n) is 6.24. The maximum Gasteiger partial charge on any atom is 0.257 e. The highest BCUT2D eigenvalue weighted by atomic mass is 16.5. The summed E-state index contributed by atoms with van der Waals surface area (Å²) in [7, 11) is 2.08. The van der Waals surface area contributed by atoms with Crippen molar-refractivity contribution in [1.29, 1.82) is 0 Å². The van der Waals surface area contributed by atoms with Crippen molar-refractivity contribution in [3.8, 4) is 0 Å². The first kappa shape index (κ1) is 19.6. The lowest BCUT2D eigenvalue weighted by atomic mass is 9.94. The minimum absolute atomic E-state index is 0.0395. The zero-order valence-corrected chi connectivity index (χ0v) is 16.9. The Balaban J connectivity index is 1.53. The van der Waals surface area contributed by atoms with Crippen LogP contribution in [0, 0.1) is 0 Å². The maximum absolute atomic E-state index is 13.5. The summed E-state index contributed by atoms with van der Waals surface area (Å²) >= 11 is 0. The Kier molecular flexibility index (Phi) is 6.13. The van der Waals surface area contributed by atoms with E-state index in [1.54, 1.807) is 6.20 Å². The minimum atomic E-state index is -0.456. The SMILES string of the molecule is CN(c1ncccc1C(=O)N1CCO[C@@]2(CNCCOC2)C1)C1CCCCC1. The van der Waals surface area contributed by atoms with Crippen LogP contribution in [0.1, 0.15) is 42.5 Å². The van der Waals surface area contributed by atoms with Gasteiger partial charge in [-0.1, -0.05) is 19.3 Å². The molecule has 2 aliphatic heterocycles. The van der Waals surface area contributed by atoms with E-state index >= 15 is 0 Å². The van der Waals surface area contributed by atoms with Crippen molar-refractivity contribution < 1.29 is 14.3 Å². The molecule has 154 valence electrons. The quantitative estimate of drug-likeness (QED) is 0.850. The zero-order valence-electron chi connectivity index (χ0n) is 16.9. The fraction of sp³-hybridized carbons (Fsp3) is 0.714. The fourth-order valence-electron chi connectivity index (χ4n) is 4.64. The highest BCUT2D eigenvalue weighted by Gasteiger charge is 2.40. The summed E-state index contributed by atoms with van der Waals surface area (Å²) in [4.78, 5) is 22.2. The van der Waals surface area contributed by atoms with Gasteiger partial charge in [0.25, 0.3) is 5.91 Å². The highest BCUT2D eigenvalue weighted by molar-refractivity contribution is 5.99. The average Bonchev–Trinajstić information content (AvgIpc) is 2.98. The number of nitrogens with zero attached hydrogens (tertiary/aromatic N) is 3. The molecule has 1 spiro atoms. The Hall–Kier alpha value is -1.70. The molecular weight excluding hydrogens is 356 g/mol. The number of amides is 1. The van der Waals surface area contributed by atoms with Gasteiger partial charge in [-0.25, -0.2) is 4.98 Å². The summed E-state index contributed by atoms with van der Waals surface area (Å²) < 4.78 is 11.8. The van der Waals surface area contributed by atoms with Crippen LogP contribution in [-0.2, 0) is 9.47 Å². The number of aromatic nitrogens is 1. The third-order valence-corrected chi connectivity index (χ3v) is 6.24. The molecular formula is C21H32N4O3. The molecule has 0 aromatic carbocycles. The first-order valence-electron chi connectivity index (χ1n) is 10.6. The van der Waals surface area contributed by atoms with Crippen LogP contribution in [0.4, 0.5) is 5.82 Å². The van der Waals surface area contributed by atoms with E-state index in [1.807, 2.05) is 17.0 Å². The number of hydrogen-bond donors (Lipinski definition) is 1. The number of carbonyl (C=O) groups excluding carboxylic acids is 1. The van der Waals surface area contributed by atoms with Crippen LogP contribution in [0.25, 0.3) is 0 Å². The van der Waals surface area contributed by atoms with Crippen molar-refractivity contribution in [2.45, 2.75) is 43.7 Å². The Labute approximate surface area is 167 Å². The maximum atomic E-state index is 13.5. The van der Waals surface area contributed by atoms with Crippen molar-refractivity contribution in [2.75, 3.05) is 57.9 Å². The van der Waals surface area contributed by atoms with Crippen LogP contribution in [0.3, 0.4) is 0 Å². The van der Waals surface area contributed by atoms with E-state index in [1.165, 1.54) is 32.1 Å². The highest BCUT2D eigenvalue weighted by Crippen LogP contribution is 2.29. The molecule has 1 saturated carbocycles. The molecule has 1 aromatic rings. The van der Waals surface area contributed by atoms with Gasteiger partial charge in [-0.15, -0.1) is 0 Å². The van der Waals surface area contributed by atoms with Crippen molar-refractivity contribution in [3.05, 3.63) is 23.9 Å². The van der Waals surface area contributed by atoms with Crippen LogP contribution in [0.5, 0.6) is 0 Å². The molecule has 7 heteroatoms. The van der Waals surface area contributed by atoms with E-state index in [9.17, 15) is 4.79 Å². The van der Waals surface area contributed by atoms with Crippen LogP contribution in [0.15, 0.2) is 18.3 Å². The van der Waals surface area contributed by atoms with Gasteiger partial charge >= 0.3 is 0 Å². The first-order valence-corrected chi connectivity index (χ1v) is 10.6. The molecule has 0 bridgehead atoms. The molecule has 2 saturated heterocycles. The number of anilines is 1. The molecule has 0 unspecified atom stereocenters. The summed E-state index contributed by atoms with van der Waals surface area (Å²) in [6.07, 6.45) is 7.95. The van der Waals surface area contributed by atoms with Crippen molar-refractivity contribution >= 4 is 11.7 Å². The van der Waals surface area contributed by atoms with Gasteiger partial charge in [0.2, 0.25) is 0 Å². The number of pyridine rings is 1. The van der Waals surface area contributed by atoms with E-state index in [-0.39, 0.29) is 5.91 Å². The third kappa shape index (κ3) is 4.16. The molecule has 3 aliphatic rings. The Morgan fingerprint density at radius 3 is 3.04 bits per heavy atom. The Morgan fingerprint density at radius 2 is 2.18 bits per heavy atom. The number of carbonyl (C=O) groups is 1. The van der Waals surface area contributed by atoms with E-state index in [0.717, 1.165) is 12.4 Å². The molecule has 1 amide bonds. The van der Waals surface area contributed by atoms with Crippen molar-refractivity contribution in [1.82, 2.24) is 15.2 Å². The summed E-state index contributed by atoms with van der Waals surface area (Å²) in [5.74, 6) is 0.841. The van der Waals surface area contributed by atoms with Crippen LogP contribution < -0.4 is 10.2 Å². The van der Waals surface area contributed by atoms with Gasteiger partial charge in [-0.05, 0) is 25.0 Å². The largest absolute Gasteiger partial charge is 0.377 e. The summed E-state index contributed by atoms with van der Waals surface area (Å²) in [6.45, 7) is 4.40. The van der Waals surface area contributed by atoms with Gasteiger partial charge in [-0.3, -0.25) is 4.79 Å². The topological polar surface area (TPSA) is 66.9 Å². The van der Waals surface area contributed by atoms with Gasteiger partial charge in [0.15, 0.2) is 0 Å². The molecule has 3 fully saturated rings. The molecule has 28 heavy (non-hydrogen) atoms. The van der Waals surface area contributed by atoms with Crippen LogP contribution in [0.2, 0.25) is 0 Å². The van der Waals surface area contributed by atoms with E-state index in [2.05, 4.69) is 22.2 Å². The van der Waals surface area contributed by atoms with Gasteiger partial charge < -0.3 is 24.6 Å². The zero-order chi connectivity index (χ0) is 19.4. The second kappa shape index (κ2) is 8.76. The lowest BCUT2D eigenvalue weighted by Gasteiger charge is -2.42. The van der Waals surface area contributed by atoms with Gasteiger partial charge in [0.1, 0.15) is 11.4 Å². The molecule has 3 heterocycles. The monoisotopic (exact) mass is 388 g/mol. The van der Waals surface area contributed by atoms with Crippen molar-refractivity contribution in [3.63, 3.8) is 0 Å². The first-order chi connectivity index (χ1) is 13.7. The van der Waals surface area contributed by atoms with E-state index < -0.39 is 5.60 Å². The fourth-order valence-corrected chi connectivity index (χ4v) is 4.64. The molecule has 0 radical (unpaired) electrons. The normalized spacial score (nSPS) is 26.8. The summed E-state index contributed by atoms with van der Waals surface area (Å²) in [6, 6.07) is 4.23. The van der Waals surface area contributed by atoms with Crippen LogP contribution in [-0.4, -0.2) is 80.5 Å². The molecule has 1 aromatic heterocycles. The summed E-state index contributed by atoms with van der Waals surface area (Å²) in [5, 5.41) is 3.37. The average molecular weight is 389 g/mol. The standard InChI is InChI=1S/C21H32N4O3/c1-24(17-6-3-2-4-7-17)19-18(8-5-9-23-19)20(26)25-11-13-28-21(15-25)14-22-10-12-27-16-21/h5,8-9,17,22H,2-4,6-7,10-16H2,1H3/t21-/m0/s1. The predicted octanol–water partition coefficient (Wildman–Crippen LogP) is 1.68. The lowest BCUT2D eigenvalue weighted by Crippen LogP contribution is -2.59. The number of hydrogen-bond acceptors (Lipinski definition) is 6. The molecule has 1 aliphatic carbocycles. The van der Waals surface area contributed by atoms with Gasteiger partial charge in [-0.2, -0.15) is 0 Å². The predicted molar refractivity (Wildman–Crippen MR) is 108 cm³/mol. The number of morpholine rings is 1. The molecule has 4 rings (SSSR count). The van der Waals surface area contributed by atoms with Crippen molar-refractivity contribution in [2.24, 2.45) is 0 Å². The smallest absolute Gasteiger partial charge is 0.257 e. The van der Waals surface area contributed by atoms with Gasteiger partial charge in [0, 0.05) is 38.9 Å². The molecule has 7 nitrogen and oxygen atoms in total. The molecule has 1 N–H and O–H groups in total. The number of rotatable bonds is 3. The van der Waals surface area contributed by atoms with Gasteiger partial charge in [0.05, 0.1) is 31.9 Å². The Morgan fingerprint density at radius 1 is 1.32 bits per heavy atom. The van der Waals surface area contributed by atoms with E-state index in [4.69, 9.17) is 9.47 Å². The second-order valence-electron chi connectivity index (χ2n) is 8.26. The summed E-state index contributed by atoms with van der Waals surface area (Å²) in [5.41, 5.74) is 0.234.